The second-order valence-corrected chi connectivity index (χ2v) is 3.95. The summed E-state index contributed by atoms with van der Waals surface area (Å²) in [6, 6.07) is 0. The highest BCUT2D eigenvalue weighted by molar-refractivity contribution is 4.93. The lowest BCUT2D eigenvalue weighted by atomic mass is 9.86. The predicted octanol–water partition coefficient (Wildman–Crippen LogP) is 1.98. The van der Waals surface area contributed by atoms with Gasteiger partial charge in [0.1, 0.15) is 0 Å². The highest BCUT2D eigenvalue weighted by atomic mass is 16.6. The Morgan fingerprint density at radius 2 is 2.25 bits per heavy atom. The van der Waals surface area contributed by atoms with Crippen molar-refractivity contribution in [3.63, 3.8) is 0 Å². The highest BCUT2D eigenvalue weighted by Crippen LogP contribution is 2.40. The van der Waals surface area contributed by atoms with Crippen LogP contribution in [0.3, 0.4) is 0 Å². The quantitative estimate of drug-likeness (QED) is 0.604. The Labute approximate surface area is 74.2 Å². The van der Waals surface area contributed by atoms with E-state index in [1.54, 1.807) is 0 Å². The topological polar surface area (TPSA) is 21.8 Å². The van der Waals surface area contributed by atoms with Crippen molar-refractivity contribution in [2.75, 3.05) is 6.61 Å². The van der Waals surface area contributed by atoms with Crippen LogP contribution in [0.25, 0.3) is 0 Å². The van der Waals surface area contributed by atoms with Crippen LogP contribution in [-0.2, 0) is 9.47 Å². The number of rotatable bonds is 3. The fraction of sp³-hybridized carbons (Fsp3) is 1.00. The van der Waals surface area contributed by atoms with Gasteiger partial charge in [0.05, 0.1) is 18.3 Å². The van der Waals surface area contributed by atoms with Gasteiger partial charge in [-0.15, -0.1) is 0 Å². The molecule has 0 spiro atoms. The van der Waals surface area contributed by atoms with E-state index >= 15 is 0 Å². The molecular weight excluding hydrogens is 152 g/mol. The molecule has 70 valence electrons. The second-order valence-electron chi connectivity index (χ2n) is 3.95. The fourth-order valence-corrected chi connectivity index (χ4v) is 2.26. The average Bonchev–Trinajstić information content (AvgIpc) is 2.81. The molecule has 1 aliphatic heterocycles. The summed E-state index contributed by atoms with van der Waals surface area (Å²) in [7, 11) is 0. The van der Waals surface area contributed by atoms with Gasteiger partial charge in [0.2, 0.25) is 0 Å². The number of hydrogen-bond donors (Lipinski definition) is 0. The van der Waals surface area contributed by atoms with Crippen molar-refractivity contribution in [3.8, 4) is 0 Å². The molecule has 4 unspecified atom stereocenters. The monoisotopic (exact) mass is 170 g/mol. The molecule has 0 bridgehead atoms. The van der Waals surface area contributed by atoms with Gasteiger partial charge in [-0.25, -0.2) is 0 Å². The zero-order valence-electron chi connectivity index (χ0n) is 7.95. The van der Waals surface area contributed by atoms with Crippen LogP contribution in [0.5, 0.6) is 0 Å². The Hall–Kier alpha value is -0.0800. The lowest BCUT2D eigenvalue weighted by Gasteiger charge is -2.25. The van der Waals surface area contributed by atoms with Gasteiger partial charge in [-0.05, 0) is 39.0 Å². The normalized spacial score (nSPS) is 42.0. The molecule has 2 nitrogen and oxygen atoms in total. The first-order chi connectivity index (χ1) is 5.81. The second kappa shape index (κ2) is 3.35. The minimum absolute atomic E-state index is 0.431. The predicted molar refractivity (Wildman–Crippen MR) is 47.1 cm³/mol. The lowest BCUT2D eigenvalue weighted by molar-refractivity contribution is 0.0227. The first kappa shape index (κ1) is 8.52. The third kappa shape index (κ3) is 1.64. The van der Waals surface area contributed by atoms with E-state index in [0.29, 0.717) is 18.3 Å². The van der Waals surface area contributed by atoms with Crippen LogP contribution in [0.4, 0.5) is 0 Å². The van der Waals surface area contributed by atoms with Gasteiger partial charge in [-0.3, -0.25) is 0 Å². The summed E-state index contributed by atoms with van der Waals surface area (Å²) < 4.78 is 11.1. The molecule has 4 atom stereocenters. The molecule has 0 aromatic rings. The number of epoxide rings is 1. The summed E-state index contributed by atoms with van der Waals surface area (Å²) in [5.74, 6) is 0.744. The van der Waals surface area contributed by atoms with Crippen LogP contribution in [0.15, 0.2) is 0 Å². The van der Waals surface area contributed by atoms with E-state index < -0.39 is 0 Å². The molecule has 1 heterocycles. The molecule has 0 amide bonds. The van der Waals surface area contributed by atoms with Gasteiger partial charge >= 0.3 is 0 Å². The Morgan fingerprint density at radius 3 is 2.92 bits per heavy atom. The SMILES string of the molecule is CCOC(C)C1CCC2OC2C1. The molecule has 0 aromatic heterocycles. The summed E-state index contributed by atoms with van der Waals surface area (Å²) in [4.78, 5) is 0. The Morgan fingerprint density at radius 1 is 1.42 bits per heavy atom. The van der Waals surface area contributed by atoms with Crippen molar-refractivity contribution < 1.29 is 9.47 Å². The largest absolute Gasteiger partial charge is 0.379 e. The summed E-state index contributed by atoms with van der Waals surface area (Å²) >= 11 is 0. The molecule has 1 saturated heterocycles. The van der Waals surface area contributed by atoms with Gasteiger partial charge in [-0.2, -0.15) is 0 Å². The van der Waals surface area contributed by atoms with E-state index in [-0.39, 0.29) is 0 Å². The van der Waals surface area contributed by atoms with Crippen LogP contribution in [0.1, 0.15) is 33.1 Å². The summed E-state index contributed by atoms with van der Waals surface area (Å²) in [6.07, 6.45) is 5.42. The zero-order valence-corrected chi connectivity index (χ0v) is 7.95. The third-order valence-electron chi connectivity index (χ3n) is 3.14. The van der Waals surface area contributed by atoms with E-state index in [1.807, 2.05) is 0 Å². The lowest BCUT2D eigenvalue weighted by Crippen LogP contribution is -2.26. The summed E-state index contributed by atoms with van der Waals surface area (Å²) in [5.41, 5.74) is 0. The number of hydrogen-bond acceptors (Lipinski definition) is 2. The van der Waals surface area contributed by atoms with Gasteiger partial charge in [0, 0.05) is 6.61 Å². The van der Waals surface area contributed by atoms with E-state index in [2.05, 4.69) is 13.8 Å². The van der Waals surface area contributed by atoms with Crippen molar-refractivity contribution in [2.45, 2.75) is 51.4 Å². The smallest absolute Gasteiger partial charge is 0.0845 e. The van der Waals surface area contributed by atoms with E-state index in [0.717, 1.165) is 12.5 Å². The number of fused-ring (bicyclic) bond motifs is 1. The Balaban J connectivity index is 1.79. The van der Waals surface area contributed by atoms with Crippen LogP contribution in [0.2, 0.25) is 0 Å². The average molecular weight is 170 g/mol. The Kier molecular flexibility index (Phi) is 2.37. The first-order valence-corrected chi connectivity index (χ1v) is 5.08. The fourth-order valence-electron chi connectivity index (χ4n) is 2.26. The van der Waals surface area contributed by atoms with Crippen LogP contribution >= 0.6 is 0 Å². The molecule has 1 aliphatic carbocycles. The maximum absolute atomic E-state index is 5.59. The molecule has 2 aliphatic rings. The van der Waals surface area contributed by atoms with E-state index in [9.17, 15) is 0 Å². The molecule has 12 heavy (non-hydrogen) atoms. The minimum atomic E-state index is 0.431. The summed E-state index contributed by atoms with van der Waals surface area (Å²) in [5, 5.41) is 0. The zero-order chi connectivity index (χ0) is 8.55. The molecule has 1 saturated carbocycles. The Bertz CT molecular complexity index is 158. The van der Waals surface area contributed by atoms with Gasteiger partial charge in [-0.1, -0.05) is 0 Å². The summed E-state index contributed by atoms with van der Waals surface area (Å²) in [6.45, 7) is 5.10. The standard InChI is InChI=1S/C10H18O2/c1-3-11-7(2)8-4-5-9-10(6-8)12-9/h7-10H,3-6H2,1-2H3. The third-order valence-corrected chi connectivity index (χ3v) is 3.14. The van der Waals surface area contributed by atoms with Crippen LogP contribution in [0, 0.1) is 5.92 Å². The molecule has 0 radical (unpaired) electrons. The molecule has 2 heteroatoms. The van der Waals surface area contributed by atoms with E-state index in [4.69, 9.17) is 9.47 Å². The van der Waals surface area contributed by atoms with Gasteiger partial charge in [0.25, 0.3) is 0 Å². The molecule has 2 rings (SSSR count). The molecule has 0 N–H and O–H groups in total. The van der Waals surface area contributed by atoms with Crippen LogP contribution < -0.4 is 0 Å². The van der Waals surface area contributed by atoms with Crippen molar-refractivity contribution in [1.82, 2.24) is 0 Å². The van der Waals surface area contributed by atoms with Crippen LogP contribution in [-0.4, -0.2) is 24.9 Å². The van der Waals surface area contributed by atoms with Crippen molar-refractivity contribution in [3.05, 3.63) is 0 Å². The maximum Gasteiger partial charge on any atom is 0.0845 e. The molecule has 2 fully saturated rings. The molecular formula is C10H18O2. The van der Waals surface area contributed by atoms with E-state index in [1.165, 1.54) is 19.3 Å². The number of ether oxygens (including phenoxy) is 2. The van der Waals surface area contributed by atoms with Gasteiger partial charge in [0.15, 0.2) is 0 Å². The minimum Gasteiger partial charge on any atom is -0.379 e. The van der Waals surface area contributed by atoms with Crippen molar-refractivity contribution in [2.24, 2.45) is 5.92 Å². The van der Waals surface area contributed by atoms with Gasteiger partial charge < -0.3 is 9.47 Å². The van der Waals surface area contributed by atoms with Crippen molar-refractivity contribution >= 4 is 0 Å². The molecule has 0 aromatic carbocycles. The first-order valence-electron chi connectivity index (χ1n) is 5.08. The van der Waals surface area contributed by atoms with Crippen molar-refractivity contribution in [1.29, 1.82) is 0 Å². The maximum atomic E-state index is 5.59. The highest BCUT2D eigenvalue weighted by Gasteiger charge is 2.44.